The zero-order chi connectivity index (χ0) is 44.0. The first-order chi connectivity index (χ1) is 27.4. The molecule has 340 valence electrons. The molecule has 0 aromatic rings. The lowest BCUT2D eigenvalue weighted by atomic mass is 9.83. The molecule has 0 spiro atoms. The van der Waals surface area contributed by atoms with Crippen LogP contribution in [0.25, 0.3) is 0 Å². The van der Waals surface area contributed by atoms with Crippen molar-refractivity contribution in [3.05, 3.63) is 11.8 Å². The minimum Gasteiger partial charge on any atom is -0.467 e. The second kappa shape index (κ2) is 20.5. The summed E-state index contributed by atoms with van der Waals surface area (Å²) < 4.78 is 30.1. The van der Waals surface area contributed by atoms with E-state index in [1.165, 1.54) is 18.9 Å². The van der Waals surface area contributed by atoms with Crippen molar-refractivity contribution in [2.45, 2.75) is 165 Å². The van der Waals surface area contributed by atoms with Crippen molar-refractivity contribution in [3.63, 3.8) is 0 Å². The Balaban J connectivity index is 1.43. The normalized spacial score (nSPS) is 34.0. The molecule has 0 radical (unpaired) electrons. The van der Waals surface area contributed by atoms with E-state index in [-0.39, 0.29) is 49.8 Å². The van der Waals surface area contributed by atoms with E-state index in [0.29, 0.717) is 44.3 Å². The van der Waals surface area contributed by atoms with Crippen molar-refractivity contribution in [2.75, 3.05) is 46.4 Å². The Morgan fingerprint density at radius 3 is 2.29 bits per heavy atom. The number of carbonyl (C=O) groups excluding carboxylic acids is 3. The molecule has 2 saturated heterocycles. The number of aliphatic hydroxyl groups excluding tert-OH is 3. The third kappa shape index (κ3) is 13.7. The lowest BCUT2D eigenvalue weighted by Gasteiger charge is -2.50. The molecule has 0 aromatic heterocycles. The minimum atomic E-state index is -1.67. The van der Waals surface area contributed by atoms with Crippen LogP contribution in [-0.2, 0) is 33.3 Å². The highest BCUT2D eigenvalue weighted by Crippen LogP contribution is 2.34. The van der Waals surface area contributed by atoms with E-state index in [2.05, 4.69) is 10.6 Å². The van der Waals surface area contributed by atoms with Crippen LogP contribution in [0.5, 0.6) is 0 Å². The van der Waals surface area contributed by atoms with E-state index in [1.807, 2.05) is 47.6 Å². The summed E-state index contributed by atoms with van der Waals surface area (Å²) in [4.78, 5) is 41.8. The number of amides is 3. The number of piperidine rings is 1. The van der Waals surface area contributed by atoms with Gasteiger partial charge in [-0.15, -0.1) is 0 Å². The molecule has 3 amide bonds. The molecule has 0 unspecified atom stereocenters. The van der Waals surface area contributed by atoms with Crippen LogP contribution in [0.2, 0.25) is 0 Å². The number of likely N-dealkylation sites (N-methyl/N-ethyl adjacent to an activating group) is 1. The van der Waals surface area contributed by atoms with Gasteiger partial charge >= 0.3 is 6.09 Å². The number of likely N-dealkylation sites (tertiary alicyclic amines) is 1. The molecule has 59 heavy (non-hydrogen) atoms. The average Bonchev–Trinajstić information content (AvgIpc) is 3.12. The van der Waals surface area contributed by atoms with Crippen LogP contribution >= 0.6 is 0 Å². The number of hydrogen-bond donors (Lipinski definition) is 9. The van der Waals surface area contributed by atoms with Crippen molar-refractivity contribution < 1.29 is 58.5 Å². The highest BCUT2D eigenvalue weighted by Gasteiger charge is 2.54. The van der Waals surface area contributed by atoms with Crippen molar-refractivity contribution >= 4 is 17.9 Å². The number of nitrogens with one attached hydrogen (secondary N) is 2. The van der Waals surface area contributed by atoms with E-state index in [4.69, 9.17) is 40.9 Å². The summed E-state index contributed by atoms with van der Waals surface area (Å²) in [7, 11) is 1.49. The first-order valence-electron chi connectivity index (χ1n) is 20.9. The Morgan fingerprint density at radius 2 is 1.68 bits per heavy atom. The van der Waals surface area contributed by atoms with Gasteiger partial charge in [0.25, 0.3) is 0 Å². The van der Waals surface area contributed by atoms with Crippen LogP contribution < -0.4 is 27.8 Å². The molecule has 12 N–H and O–H groups in total. The van der Waals surface area contributed by atoms with Crippen molar-refractivity contribution in [1.29, 1.82) is 0 Å². The van der Waals surface area contributed by atoms with Gasteiger partial charge in [-0.2, -0.15) is 0 Å². The molecule has 12 atom stereocenters. The quantitative estimate of drug-likeness (QED) is 0.101. The van der Waals surface area contributed by atoms with E-state index >= 15 is 0 Å². The fourth-order valence-electron chi connectivity index (χ4n) is 8.02. The van der Waals surface area contributed by atoms with Gasteiger partial charge < -0.3 is 81.7 Å². The van der Waals surface area contributed by atoms with Crippen LogP contribution in [0, 0.1) is 11.3 Å². The molecule has 1 aliphatic carbocycles. The molecule has 4 rings (SSSR count). The van der Waals surface area contributed by atoms with Gasteiger partial charge in [0.1, 0.15) is 47.5 Å². The average molecular weight is 844 g/mol. The van der Waals surface area contributed by atoms with Gasteiger partial charge in [-0.05, 0) is 90.3 Å². The van der Waals surface area contributed by atoms with Gasteiger partial charge in [-0.1, -0.05) is 20.8 Å². The molecule has 0 bridgehead atoms. The van der Waals surface area contributed by atoms with Crippen molar-refractivity contribution in [1.82, 2.24) is 20.4 Å². The van der Waals surface area contributed by atoms with Gasteiger partial charge in [0.15, 0.2) is 6.29 Å². The molecule has 3 fully saturated rings. The molecule has 19 nitrogen and oxygen atoms in total. The predicted octanol–water partition coefficient (Wildman–Crippen LogP) is -1.03. The maximum atomic E-state index is 13.3. The largest absolute Gasteiger partial charge is 0.467 e. The Morgan fingerprint density at radius 1 is 1.03 bits per heavy atom. The van der Waals surface area contributed by atoms with Gasteiger partial charge in [-0.3, -0.25) is 9.59 Å². The first kappa shape index (κ1) is 49.0. The van der Waals surface area contributed by atoms with Crippen LogP contribution in [0.4, 0.5) is 4.79 Å². The summed E-state index contributed by atoms with van der Waals surface area (Å²) in [5, 5.41) is 51.4. The molecule has 3 heterocycles. The number of carbonyl (C=O) groups is 3. The van der Waals surface area contributed by atoms with Gasteiger partial charge in [-0.25, -0.2) is 4.79 Å². The smallest absolute Gasteiger partial charge is 0.410 e. The summed E-state index contributed by atoms with van der Waals surface area (Å²) in [5.74, 6) is -0.135. The highest BCUT2D eigenvalue weighted by atomic mass is 16.7. The standard InChI is InChI=1S/C40H73N7O12/c1-38(2,3)18-28(49)46(8)33-30(51)36(55-21-40(33,7)54)58-32-26(45-34(52)27(48)11-14-41)17-25(43)31(29(32)50)57-35-24(42)10-9-23(56-35)20-44-19-22-12-15-47(16-13-22)37(53)59-39(4,5)6/h9,22,24-27,29-33,35-36,44,48,50-51,54H,10-21,41-43H2,1-8H3,(H,45,52)/t24-,25+,26-,27+,29+,30-,31-,32+,33-,35-,36-,40+/m1/s1. The molecular weight excluding hydrogens is 770 g/mol. The van der Waals surface area contributed by atoms with Crippen LogP contribution in [0.3, 0.4) is 0 Å². The second-order valence-corrected chi connectivity index (χ2v) is 19.1. The third-order valence-corrected chi connectivity index (χ3v) is 11.2. The van der Waals surface area contributed by atoms with E-state index in [9.17, 15) is 34.8 Å². The Bertz CT molecular complexity index is 1430. The van der Waals surface area contributed by atoms with E-state index in [0.717, 1.165) is 12.8 Å². The van der Waals surface area contributed by atoms with Crippen LogP contribution in [0.15, 0.2) is 11.8 Å². The number of nitrogens with zero attached hydrogens (tertiary/aromatic N) is 2. The van der Waals surface area contributed by atoms with Crippen LogP contribution in [-0.4, -0.2) is 173 Å². The molecule has 0 aromatic carbocycles. The van der Waals surface area contributed by atoms with Crippen molar-refractivity contribution in [2.24, 2.45) is 28.5 Å². The molecule has 19 heteroatoms. The number of hydrogen-bond acceptors (Lipinski definition) is 16. The summed E-state index contributed by atoms with van der Waals surface area (Å²) >= 11 is 0. The van der Waals surface area contributed by atoms with Crippen molar-refractivity contribution in [3.8, 4) is 0 Å². The lowest BCUT2D eigenvalue weighted by molar-refractivity contribution is -0.311. The summed E-state index contributed by atoms with van der Waals surface area (Å²) in [5.41, 5.74) is 16.0. The fraction of sp³-hybridized carbons (Fsp3) is 0.875. The minimum absolute atomic E-state index is 0.000360. The SMILES string of the molecule is CN(C(=O)CC(C)(C)C)[C@@H]1[C@@H](O)[C@@H](O[C@@H]2[C@@H](O)[C@H](O[C@H]3OC(CNCC4CCN(C(=O)OC(C)(C)C)CC4)=CC[C@H]3N)[C@@H](N)C[C@H]2NC(=O)[C@@H](O)CCN)OC[C@]1(C)O. The summed E-state index contributed by atoms with van der Waals surface area (Å²) in [6.45, 7) is 14.7. The molecule has 1 saturated carbocycles. The first-order valence-corrected chi connectivity index (χ1v) is 20.9. The molecule has 3 aliphatic heterocycles. The van der Waals surface area contributed by atoms with E-state index in [1.54, 1.807) is 4.90 Å². The van der Waals surface area contributed by atoms with Gasteiger partial charge in [0.2, 0.25) is 18.1 Å². The Kier molecular flexibility index (Phi) is 17.0. The number of aliphatic hydroxyl groups is 4. The molecule has 4 aliphatic rings. The topological polar surface area (TPSA) is 287 Å². The zero-order valence-electron chi connectivity index (χ0n) is 36.2. The monoisotopic (exact) mass is 844 g/mol. The third-order valence-electron chi connectivity index (χ3n) is 11.2. The van der Waals surface area contributed by atoms with Gasteiger partial charge in [0.05, 0.1) is 31.3 Å². The van der Waals surface area contributed by atoms with E-state index < -0.39 is 84.4 Å². The highest BCUT2D eigenvalue weighted by molar-refractivity contribution is 5.80. The maximum Gasteiger partial charge on any atom is 0.410 e. The Labute approximate surface area is 348 Å². The lowest BCUT2D eigenvalue weighted by Crippen LogP contribution is -2.70. The summed E-state index contributed by atoms with van der Waals surface area (Å²) in [6.07, 6.45) is -5.80. The summed E-state index contributed by atoms with van der Waals surface area (Å²) in [6, 6.07) is -3.67. The number of rotatable bonds is 14. The van der Waals surface area contributed by atoms with Crippen LogP contribution in [0.1, 0.15) is 87.0 Å². The predicted molar refractivity (Wildman–Crippen MR) is 216 cm³/mol. The second-order valence-electron chi connectivity index (χ2n) is 19.1. The van der Waals surface area contributed by atoms with Gasteiger partial charge in [0, 0.05) is 32.6 Å². The number of nitrogens with two attached hydrogens (primary N) is 3. The zero-order valence-corrected chi connectivity index (χ0v) is 36.2. The number of ether oxygens (including phenoxy) is 5. The molecular formula is C40H73N7O12. The fourth-order valence-corrected chi connectivity index (χ4v) is 8.02. The maximum absolute atomic E-state index is 13.3. The Hall–Kier alpha value is -2.69.